The van der Waals surface area contributed by atoms with E-state index in [2.05, 4.69) is 31.2 Å². The number of anilines is 1. The molecule has 0 bridgehead atoms. The van der Waals surface area contributed by atoms with E-state index >= 15 is 0 Å². The number of hydrogen-bond acceptors (Lipinski definition) is 5. The molecule has 0 aliphatic carbocycles. The van der Waals surface area contributed by atoms with Crippen LogP contribution in [0.3, 0.4) is 0 Å². The summed E-state index contributed by atoms with van der Waals surface area (Å²) >= 11 is 0. The zero-order valence-electron chi connectivity index (χ0n) is 17.3. The van der Waals surface area contributed by atoms with Crippen LogP contribution < -0.4 is 14.8 Å². The van der Waals surface area contributed by atoms with E-state index < -0.39 is 6.10 Å². The summed E-state index contributed by atoms with van der Waals surface area (Å²) < 4.78 is 10.5. The van der Waals surface area contributed by atoms with Crippen molar-refractivity contribution in [3.63, 3.8) is 0 Å². The van der Waals surface area contributed by atoms with Gasteiger partial charge >= 0.3 is 0 Å². The number of carbonyl (C=O) groups excluding carboxylic acids is 1. The minimum absolute atomic E-state index is 0.0643. The Morgan fingerprint density at radius 1 is 1.07 bits per heavy atom. The first-order chi connectivity index (χ1) is 13.2. The van der Waals surface area contributed by atoms with Crippen molar-refractivity contribution in [2.75, 3.05) is 19.5 Å². The van der Waals surface area contributed by atoms with Gasteiger partial charge < -0.3 is 19.6 Å². The molecule has 150 valence electrons. The van der Waals surface area contributed by atoms with Crippen LogP contribution in [0.2, 0.25) is 0 Å². The first-order valence-corrected chi connectivity index (χ1v) is 9.07. The van der Waals surface area contributed by atoms with Crippen LogP contribution in [-0.4, -0.2) is 32.4 Å². The number of nitrogens with zero attached hydrogens (tertiary/aromatic N) is 1. The number of methoxy groups -OCH3 is 2. The molecule has 0 spiro atoms. The average Bonchev–Trinajstić information content (AvgIpc) is 2.67. The fourth-order valence-electron chi connectivity index (χ4n) is 2.46. The summed E-state index contributed by atoms with van der Waals surface area (Å²) in [5, 5.41) is 6.74. The summed E-state index contributed by atoms with van der Waals surface area (Å²) in [5.74, 6) is 1.02. The Kier molecular flexibility index (Phi) is 7.04. The highest BCUT2D eigenvalue weighted by Gasteiger charge is 2.16. The second-order valence-electron chi connectivity index (χ2n) is 7.41. The van der Waals surface area contributed by atoms with Crippen LogP contribution in [0, 0.1) is 0 Å². The summed E-state index contributed by atoms with van der Waals surface area (Å²) in [6.45, 7) is 8.07. The van der Waals surface area contributed by atoms with Gasteiger partial charge in [0.05, 0.1) is 20.4 Å². The molecule has 0 saturated heterocycles. The van der Waals surface area contributed by atoms with Gasteiger partial charge in [-0.15, -0.1) is 0 Å². The lowest BCUT2D eigenvalue weighted by Gasteiger charge is -2.19. The number of hydrogen-bond donors (Lipinski definition) is 1. The second kappa shape index (κ2) is 9.26. The van der Waals surface area contributed by atoms with Crippen molar-refractivity contribution in [3.8, 4) is 11.5 Å². The topological polar surface area (TPSA) is 69.1 Å². The van der Waals surface area contributed by atoms with Crippen molar-refractivity contribution < 1.29 is 19.1 Å². The number of oxime groups is 1. The molecule has 1 amide bonds. The maximum absolute atomic E-state index is 12.3. The van der Waals surface area contributed by atoms with E-state index in [9.17, 15) is 4.79 Å². The predicted octanol–water partition coefficient (Wildman–Crippen LogP) is 4.38. The molecule has 0 heterocycles. The van der Waals surface area contributed by atoms with Crippen LogP contribution in [0.25, 0.3) is 0 Å². The number of carbonyl (C=O) groups is 1. The zero-order chi connectivity index (χ0) is 20.7. The quantitative estimate of drug-likeness (QED) is 0.568. The molecular weight excluding hydrogens is 356 g/mol. The van der Waals surface area contributed by atoms with Crippen LogP contribution in [-0.2, 0) is 15.0 Å². The van der Waals surface area contributed by atoms with Crippen LogP contribution in [0.5, 0.6) is 11.5 Å². The van der Waals surface area contributed by atoms with E-state index in [1.807, 2.05) is 24.3 Å². The number of amides is 1. The van der Waals surface area contributed by atoms with Crippen molar-refractivity contribution in [3.05, 3.63) is 53.6 Å². The summed E-state index contributed by atoms with van der Waals surface area (Å²) in [6.07, 6.45) is 0.735. The smallest absolute Gasteiger partial charge is 0.267 e. The minimum Gasteiger partial charge on any atom is -0.497 e. The monoisotopic (exact) mass is 384 g/mol. The van der Waals surface area contributed by atoms with Gasteiger partial charge in [-0.1, -0.05) is 38.1 Å². The maximum Gasteiger partial charge on any atom is 0.267 e. The third-order valence-corrected chi connectivity index (χ3v) is 4.24. The predicted molar refractivity (Wildman–Crippen MR) is 111 cm³/mol. The molecule has 1 unspecified atom stereocenters. The number of benzene rings is 2. The maximum atomic E-state index is 12.3. The van der Waals surface area contributed by atoms with Gasteiger partial charge in [-0.25, -0.2) is 0 Å². The van der Waals surface area contributed by atoms with Gasteiger partial charge in [-0.2, -0.15) is 0 Å². The highest BCUT2D eigenvalue weighted by atomic mass is 16.6. The molecule has 1 atom stereocenters. The summed E-state index contributed by atoms with van der Waals surface area (Å²) in [5.41, 5.74) is 2.67. The van der Waals surface area contributed by atoms with Crippen LogP contribution in [0.15, 0.2) is 47.6 Å². The van der Waals surface area contributed by atoms with E-state index in [1.54, 1.807) is 39.3 Å². The van der Waals surface area contributed by atoms with E-state index in [0.717, 1.165) is 0 Å². The molecule has 0 aliphatic heterocycles. The van der Waals surface area contributed by atoms with Crippen molar-refractivity contribution in [2.24, 2.45) is 5.16 Å². The molecule has 0 aromatic heterocycles. The summed E-state index contributed by atoms with van der Waals surface area (Å²) in [4.78, 5) is 17.6. The highest BCUT2D eigenvalue weighted by molar-refractivity contribution is 5.94. The van der Waals surface area contributed by atoms with E-state index in [-0.39, 0.29) is 11.3 Å². The van der Waals surface area contributed by atoms with Gasteiger partial charge in [0, 0.05) is 11.3 Å². The molecular formula is C22H28N2O4. The van der Waals surface area contributed by atoms with Crippen LogP contribution in [0.4, 0.5) is 5.69 Å². The molecule has 2 aromatic rings. The number of ether oxygens (including phenoxy) is 2. The molecule has 0 aliphatic rings. The van der Waals surface area contributed by atoms with E-state index in [4.69, 9.17) is 14.3 Å². The van der Waals surface area contributed by atoms with Gasteiger partial charge in [0.25, 0.3) is 5.91 Å². The van der Waals surface area contributed by atoms with Gasteiger partial charge in [0.2, 0.25) is 6.10 Å². The standard InChI is InChI=1S/C22H28N2O4/c1-15(21(25)24-18-9-7-17(8-10-18)22(2,3)4)28-23-14-16-13-19(26-5)11-12-20(16)27-6/h7-15H,1-6H3,(H,24,25)/b23-14+. The van der Waals surface area contributed by atoms with E-state index in [1.165, 1.54) is 11.8 Å². The fourth-order valence-corrected chi connectivity index (χ4v) is 2.46. The molecule has 6 nitrogen and oxygen atoms in total. The van der Waals surface area contributed by atoms with Crippen molar-refractivity contribution in [1.29, 1.82) is 0 Å². The first-order valence-electron chi connectivity index (χ1n) is 9.07. The molecule has 0 radical (unpaired) electrons. The molecule has 2 rings (SSSR count). The number of nitrogens with one attached hydrogen (secondary N) is 1. The highest BCUT2D eigenvalue weighted by Crippen LogP contribution is 2.24. The Balaban J connectivity index is 1.96. The van der Waals surface area contributed by atoms with Gasteiger partial charge in [0.1, 0.15) is 11.5 Å². The van der Waals surface area contributed by atoms with Gasteiger partial charge in [0.15, 0.2) is 0 Å². The largest absolute Gasteiger partial charge is 0.497 e. The Morgan fingerprint density at radius 2 is 1.75 bits per heavy atom. The van der Waals surface area contributed by atoms with Gasteiger partial charge in [-0.05, 0) is 48.2 Å². The Labute approximate surface area is 166 Å². The van der Waals surface area contributed by atoms with Crippen LogP contribution >= 0.6 is 0 Å². The lowest BCUT2D eigenvalue weighted by Crippen LogP contribution is -2.26. The third kappa shape index (κ3) is 5.74. The van der Waals surface area contributed by atoms with E-state index in [0.29, 0.717) is 22.7 Å². The Morgan fingerprint density at radius 3 is 2.32 bits per heavy atom. The minimum atomic E-state index is -0.754. The second-order valence-corrected chi connectivity index (χ2v) is 7.41. The lowest BCUT2D eigenvalue weighted by molar-refractivity contribution is -0.126. The van der Waals surface area contributed by atoms with Crippen LogP contribution in [0.1, 0.15) is 38.8 Å². The SMILES string of the molecule is COc1ccc(OC)c(/C=N/OC(C)C(=O)Nc2ccc(C(C)(C)C)cc2)c1. The molecule has 1 N–H and O–H groups in total. The van der Waals surface area contributed by atoms with Crippen molar-refractivity contribution >= 4 is 17.8 Å². The summed E-state index contributed by atoms with van der Waals surface area (Å²) in [6, 6.07) is 13.1. The molecule has 0 saturated carbocycles. The lowest BCUT2D eigenvalue weighted by atomic mass is 9.87. The average molecular weight is 384 g/mol. The first kappa shape index (κ1) is 21.3. The fraction of sp³-hybridized carbons (Fsp3) is 0.364. The zero-order valence-corrected chi connectivity index (χ0v) is 17.3. The summed E-state index contributed by atoms with van der Waals surface area (Å²) in [7, 11) is 3.15. The Hall–Kier alpha value is -3.02. The molecule has 0 fully saturated rings. The third-order valence-electron chi connectivity index (χ3n) is 4.24. The van der Waals surface area contributed by atoms with Crippen molar-refractivity contribution in [2.45, 2.75) is 39.2 Å². The number of rotatable bonds is 7. The Bertz CT molecular complexity index is 823. The molecule has 28 heavy (non-hydrogen) atoms. The molecule has 6 heteroatoms. The van der Waals surface area contributed by atoms with Gasteiger partial charge in [-0.3, -0.25) is 4.79 Å². The molecule has 2 aromatic carbocycles. The normalized spacial score (nSPS) is 12.5. The van der Waals surface area contributed by atoms with Crippen molar-refractivity contribution in [1.82, 2.24) is 0 Å².